The minimum absolute atomic E-state index is 0.00360. The van der Waals surface area contributed by atoms with E-state index in [1.807, 2.05) is 12.1 Å². The lowest BCUT2D eigenvalue weighted by molar-refractivity contribution is -0.142. The Labute approximate surface area is 139 Å². The number of amides is 1. The van der Waals surface area contributed by atoms with Gasteiger partial charge < -0.3 is 9.80 Å². The molecule has 0 unspecified atom stereocenters. The highest BCUT2D eigenvalue weighted by Gasteiger charge is 2.37. The van der Waals surface area contributed by atoms with Crippen molar-refractivity contribution in [3.05, 3.63) is 23.9 Å². The highest BCUT2D eigenvalue weighted by molar-refractivity contribution is 5.79. The van der Waals surface area contributed by atoms with Crippen LogP contribution in [0.5, 0.6) is 0 Å². The Bertz CT molecular complexity index is 640. The fourth-order valence-electron chi connectivity index (χ4n) is 3.33. The summed E-state index contributed by atoms with van der Waals surface area (Å²) in [6.45, 7) is 1.67. The number of likely N-dealkylation sites (tertiary alicyclic amines) is 1. The standard InChI is InChI=1S/C17H20F2N4O/c18-17(19)6-10-23(11-7-17)16(24)13-4-8-22(9-5-13)15-3-1-2-14(12-20)21-15/h1-3,13H,4-11H2. The van der Waals surface area contributed by atoms with Crippen molar-refractivity contribution in [3.63, 3.8) is 0 Å². The number of anilines is 1. The summed E-state index contributed by atoms with van der Waals surface area (Å²) < 4.78 is 26.4. The van der Waals surface area contributed by atoms with Gasteiger partial charge in [-0.05, 0) is 25.0 Å². The Morgan fingerprint density at radius 1 is 1.21 bits per heavy atom. The van der Waals surface area contributed by atoms with Gasteiger partial charge in [0.1, 0.15) is 17.6 Å². The van der Waals surface area contributed by atoms with E-state index in [9.17, 15) is 13.6 Å². The molecule has 1 aromatic heterocycles. The second-order valence-corrected chi connectivity index (χ2v) is 6.44. The van der Waals surface area contributed by atoms with Crippen LogP contribution in [0.4, 0.5) is 14.6 Å². The molecule has 0 aromatic carbocycles. The molecule has 7 heteroatoms. The molecule has 2 aliphatic rings. The topological polar surface area (TPSA) is 60.2 Å². The Balaban J connectivity index is 1.55. The van der Waals surface area contributed by atoms with E-state index in [1.165, 1.54) is 0 Å². The molecule has 3 rings (SSSR count). The maximum absolute atomic E-state index is 13.2. The Morgan fingerprint density at radius 3 is 2.50 bits per heavy atom. The normalized spacial score (nSPS) is 21.4. The van der Waals surface area contributed by atoms with Gasteiger partial charge in [0.25, 0.3) is 5.92 Å². The van der Waals surface area contributed by atoms with E-state index >= 15 is 0 Å². The molecule has 2 fully saturated rings. The summed E-state index contributed by atoms with van der Waals surface area (Å²) >= 11 is 0. The third-order valence-electron chi connectivity index (χ3n) is 4.82. The number of halogens is 2. The molecule has 0 bridgehead atoms. The molecule has 0 N–H and O–H groups in total. The van der Waals surface area contributed by atoms with Crippen LogP contribution in [-0.2, 0) is 4.79 Å². The summed E-state index contributed by atoms with van der Waals surface area (Å²) in [5.41, 5.74) is 0.375. The number of nitrogens with zero attached hydrogens (tertiary/aromatic N) is 4. The Morgan fingerprint density at radius 2 is 1.88 bits per heavy atom. The SMILES string of the molecule is N#Cc1cccc(N2CCC(C(=O)N3CCC(F)(F)CC3)CC2)n1. The highest BCUT2D eigenvalue weighted by atomic mass is 19.3. The van der Waals surface area contributed by atoms with Crippen LogP contribution in [-0.4, -0.2) is 47.9 Å². The molecular formula is C17H20F2N4O. The van der Waals surface area contributed by atoms with Crippen molar-refractivity contribution in [2.24, 2.45) is 5.92 Å². The van der Waals surface area contributed by atoms with Gasteiger partial charge in [-0.3, -0.25) is 4.79 Å². The monoisotopic (exact) mass is 334 g/mol. The minimum Gasteiger partial charge on any atom is -0.357 e. The molecule has 0 radical (unpaired) electrons. The van der Waals surface area contributed by atoms with E-state index in [1.54, 1.807) is 17.0 Å². The first-order valence-corrected chi connectivity index (χ1v) is 8.27. The van der Waals surface area contributed by atoms with E-state index in [2.05, 4.69) is 9.88 Å². The molecule has 1 aromatic rings. The fraction of sp³-hybridized carbons (Fsp3) is 0.588. The molecule has 0 saturated carbocycles. The fourth-order valence-corrected chi connectivity index (χ4v) is 3.33. The second-order valence-electron chi connectivity index (χ2n) is 6.44. The minimum atomic E-state index is -2.63. The van der Waals surface area contributed by atoms with Crippen LogP contribution in [0.15, 0.2) is 18.2 Å². The number of rotatable bonds is 2. The molecule has 5 nitrogen and oxygen atoms in total. The van der Waals surface area contributed by atoms with E-state index in [0.717, 1.165) is 5.82 Å². The summed E-state index contributed by atoms with van der Waals surface area (Å²) in [4.78, 5) is 20.4. The number of aromatic nitrogens is 1. The molecule has 2 aliphatic heterocycles. The van der Waals surface area contributed by atoms with E-state index in [0.29, 0.717) is 31.6 Å². The van der Waals surface area contributed by atoms with Gasteiger partial charge in [-0.25, -0.2) is 13.8 Å². The van der Waals surface area contributed by atoms with Gasteiger partial charge >= 0.3 is 0 Å². The smallest absolute Gasteiger partial charge is 0.251 e. The molecule has 1 amide bonds. The molecule has 2 saturated heterocycles. The first-order chi connectivity index (χ1) is 11.5. The predicted molar refractivity (Wildman–Crippen MR) is 84.7 cm³/mol. The number of carbonyl (C=O) groups excluding carboxylic acids is 1. The van der Waals surface area contributed by atoms with Gasteiger partial charge in [0.05, 0.1) is 0 Å². The Hall–Kier alpha value is -2.23. The van der Waals surface area contributed by atoms with Crippen molar-refractivity contribution in [2.45, 2.75) is 31.6 Å². The third kappa shape index (κ3) is 3.64. The molecule has 128 valence electrons. The van der Waals surface area contributed by atoms with Crippen LogP contribution in [0.3, 0.4) is 0 Å². The first-order valence-electron chi connectivity index (χ1n) is 8.27. The second kappa shape index (κ2) is 6.71. The van der Waals surface area contributed by atoms with Crippen LogP contribution in [0.2, 0.25) is 0 Å². The number of piperidine rings is 2. The van der Waals surface area contributed by atoms with E-state index in [-0.39, 0.29) is 37.8 Å². The van der Waals surface area contributed by atoms with E-state index < -0.39 is 5.92 Å². The quantitative estimate of drug-likeness (QED) is 0.833. The maximum Gasteiger partial charge on any atom is 0.251 e. The Kier molecular flexibility index (Phi) is 4.65. The molecule has 3 heterocycles. The van der Waals surface area contributed by atoms with Gasteiger partial charge in [-0.1, -0.05) is 6.07 Å². The first kappa shape index (κ1) is 16.6. The molecule has 0 atom stereocenters. The zero-order chi connectivity index (χ0) is 17.2. The van der Waals surface area contributed by atoms with E-state index in [4.69, 9.17) is 5.26 Å². The molecular weight excluding hydrogens is 314 g/mol. The molecule has 0 aliphatic carbocycles. The molecule has 24 heavy (non-hydrogen) atoms. The van der Waals surface area contributed by atoms with Crippen LogP contribution in [0.1, 0.15) is 31.4 Å². The van der Waals surface area contributed by atoms with Crippen molar-refractivity contribution in [1.29, 1.82) is 5.26 Å². The van der Waals surface area contributed by atoms with Crippen LogP contribution >= 0.6 is 0 Å². The lowest BCUT2D eigenvalue weighted by Crippen LogP contribution is -2.47. The molecule has 0 spiro atoms. The van der Waals surface area contributed by atoms with Gasteiger partial charge in [0.15, 0.2) is 0 Å². The summed E-state index contributed by atoms with van der Waals surface area (Å²) in [5.74, 6) is -1.98. The summed E-state index contributed by atoms with van der Waals surface area (Å²) in [7, 11) is 0. The number of carbonyl (C=O) groups is 1. The number of nitriles is 1. The average molecular weight is 334 g/mol. The van der Waals surface area contributed by atoms with Gasteiger partial charge in [0.2, 0.25) is 5.91 Å². The van der Waals surface area contributed by atoms with Crippen molar-refractivity contribution in [1.82, 2.24) is 9.88 Å². The van der Waals surface area contributed by atoms with Crippen molar-refractivity contribution < 1.29 is 13.6 Å². The van der Waals surface area contributed by atoms with Gasteiger partial charge in [-0.2, -0.15) is 5.26 Å². The summed E-state index contributed by atoms with van der Waals surface area (Å²) in [6, 6.07) is 7.34. The van der Waals surface area contributed by atoms with Gasteiger partial charge in [-0.15, -0.1) is 0 Å². The van der Waals surface area contributed by atoms with Crippen molar-refractivity contribution >= 4 is 11.7 Å². The van der Waals surface area contributed by atoms with Crippen molar-refractivity contribution in [3.8, 4) is 6.07 Å². The van der Waals surface area contributed by atoms with Crippen LogP contribution in [0.25, 0.3) is 0 Å². The summed E-state index contributed by atoms with van der Waals surface area (Å²) in [6.07, 6.45) is 0.902. The average Bonchev–Trinajstić information content (AvgIpc) is 2.61. The van der Waals surface area contributed by atoms with Gasteiger partial charge in [0, 0.05) is 44.9 Å². The van der Waals surface area contributed by atoms with Crippen molar-refractivity contribution in [2.75, 3.05) is 31.1 Å². The summed E-state index contributed by atoms with van der Waals surface area (Å²) in [5, 5.41) is 8.92. The number of hydrogen-bond acceptors (Lipinski definition) is 4. The lowest BCUT2D eigenvalue weighted by atomic mass is 9.94. The zero-order valence-electron chi connectivity index (χ0n) is 13.4. The predicted octanol–water partition coefficient (Wildman–Crippen LogP) is 2.43. The largest absolute Gasteiger partial charge is 0.357 e. The number of pyridine rings is 1. The number of alkyl halides is 2. The zero-order valence-corrected chi connectivity index (χ0v) is 13.4. The number of hydrogen-bond donors (Lipinski definition) is 0. The van der Waals surface area contributed by atoms with Crippen LogP contribution < -0.4 is 4.90 Å². The third-order valence-corrected chi connectivity index (χ3v) is 4.82. The lowest BCUT2D eigenvalue weighted by Gasteiger charge is -2.37. The highest BCUT2D eigenvalue weighted by Crippen LogP contribution is 2.30. The van der Waals surface area contributed by atoms with Crippen LogP contribution in [0, 0.1) is 17.2 Å². The maximum atomic E-state index is 13.2.